The van der Waals surface area contributed by atoms with Crippen LogP contribution in [-0.4, -0.2) is 9.78 Å². The van der Waals surface area contributed by atoms with Gasteiger partial charge in [0.15, 0.2) is 0 Å². The van der Waals surface area contributed by atoms with Gasteiger partial charge in [-0.2, -0.15) is 5.10 Å². The Morgan fingerprint density at radius 1 is 1.16 bits per heavy atom. The van der Waals surface area contributed by atoms with Gasteiger partial charge in [0, 0.05) is 35.9 Å². The zero-order valence-corrected chi connectivity index (χ0v) is 11.4. The number of hydrogen-bond acceptors (Lipinski definition) is 2. The summed E-state index contributed by atoms with van der Waals surface area (Å²) < 4.78 is 1.83. The summed E-state index contributed by atoms with van der Waals surface area (Å²) in [4.78, 5) is 0. The molecule has 3 nitrogen and oxygen atoms in total. The van der Waals surface area contributed by atoms with E-state index in [2.05, 4.69) is 16.5 Å². The smallest absolute Gasteiger partial charge is 0.0924 e. The highest BCUT2D eigenvalue weighted by Gasteiger charge is 2.00. The Kier molecular flexibility index (Phi) is 3.13. The molecule has 0 saturated carbocycles. The lowest BCUT2D eigenvalue weighted by Gasteiger charge is -2.06. The lowest BCUT2D eigenvalue weighted by Crippen LogP contribution is -1.98. The van der Waals surface area contributed by atoms with Crippen LogP contribution in [0.4, 0.5) is 5.69 Å². The molecule has 0 aliphatic heterocycles. The van der Waals surface area contributed by atoms with Crippen LogP contribution in [0.15, 0.2) is 48.7 Å². The Hall–Kier alpha value is -2.00. The maximum Gasteiger partial charge on any atom is 0.0924 e. The first-order chi connectivity index (χ1) is 9.20. The molecule has 1 heterocycles. The lowest BCUT2D eigenvalue weighted by molar-refractivity contribution is 0.780. The van der Waals surface area contributed by atoms with E-state index in [1.54, 1.807) is 0 Å². The molecule has 1 aromatic heterocycles. The van der Waals surface area contributed by atoms with Crippen LogP contribution >= 0.6 is 11.6 Å². The number of fused-ring (bicyclic) bond motifs is 1. The highest BCUT2D eigenvalue weighted by atomic mass is 35.5. The van der Waals surface area contributed by atoms with E-state index in [0.717, 1.165) is 28.2 Å². The third-order valence-corrected chi connectivity index (χ3v) is 3.28. The van der Waals surface area contributed by atoms with E-state index < -0.39 is 0 Å². The number of anilines is 1. The maximum absolute atomic E-state index is 5.87. The molecule has 2 aromatic carbocycles. The highest BCUT2D eigenvalue weighted by molar-refractivity contribution is 6.30. The number of rotatable bonds is 3. The van der Waals surface area contributed by atoms with Crippen molar-refractivity contribution in [1.29, 1.82) is 0 Å². The summed E-state index contributed by atoms with van der Waals surface area (Å²) in [5.41, 5.74) is 3.31. The van der Waals surface area contributed by atoms with Gasteiger partial charge < -0.3 is 5.32 Å². The molecule has 0 spiro atoms. The van der Waals surface area contributed by atoms with E-state index in [-0.39, 0.29) is 0 Å². The topological polar surface area (TPSA) is 29.9 Å². The van der Waals surface area contributed by atoms with Gasteiger partial charge in [0.25, 0.3) is 0 Å². The molecule has 3 aromatic rings. The first-order valence-corrected chi connectivity index (χ1v) is 6.50. The molecule has 0 saturated heterocycles. The molecular formula is C15H14ClN3. The van der Waals surface area contributed by atoms with Gasteiger partial charge in [0.1, 0.15) is 0 Å². The van der Waals surface area contributed by atoms with Crippen LogP contribution < -0.4 is 5.32 Å². The fourth-order valence-electron chi connectivity index (χ4n) is 2.07. The van der Waals surface area contributed by atoms with Crippen LogP contribution in [0.3, 0.4) is 0 Å². The van der Waals surface area contributed by atoms with Gasteiger partial charge in [-0.15, -0.1) is 0 Å². The lowest BCUT2D eigenvalue weighted by atomic mass is 10.2. The Balaban J connectivity index is 1.75. The minimum atomic E-state index is 0.764. The second-order valence-electron chi connectivity index (χ2n) is 4.56. The summed E-state index contributed by atoms with van der Waals surface area (Å²) in [6.07, 6.45) is 2.02. The van der Waals surface area contributed by atoms with Crippen molar-refractivity contribution < 1.29 is 0 Å². The van der Waals surface area contributed by atoms with Gasteiger partial charge in [-0.1, -0.05) is 23.7 Å². The number of halogens is 1. The van der Waals surface area contributed by atoms with Crippen LogP contribution in [0, 0.1) is 0 Å². The highest BCUT2D eigenvalue weighted by Crippen LogP contribution is 2.18. The minimum absolute atomic E-state index is 0.764. The molecule has 0 amide bonds. The van der Waals surface area contributed by atoms with Crippen molar-refractivity contribution in [2.75, 3.05) is 5.32 Å². The number of nitrogens with zero attached hydrogens (tertiary/aromatic N) is 2. The first kappa shape index (κ1) is 12.1. The Morgan fingerprint density at radius 3 is 2.74 bits per heavy atom. The first-order valence-electron chi connectivity index (χ1n) is 6.12. The summed E-state index contributed by atoms with van der Waals surface area (Å²) in [5.74, 6) is 0. The summed E-state index contributed by atoms with van der Waals surface area (Å²) in [6, 6.07) is 14.0. The van der Waals surface area contributed by atoms with Crippen molar-refractivity contribution in [2.45, 2.75) is 6.54 Å². The SMILES string of the molecule is Cn1cc2cc(NCc3ccc(Cl)cc3)ccc2n1. The molecule has 1 N–H and O–H groups in total. The summed E-state index contributed by atoms with van der Waals surface area (Å²) in [5, 5.41) is 9.66. The van der Waals surface area contributed by atoms with Gasteiger partial charge in [-0.25, -0.2) is 0 Å². The molecular weight excluding hydrogens is 258 g/mol. The second kappa shape index (κ2) is 4.94. The fraction of sp³-hybridized carbons (Fsp3) is 0.133. The third-order valence-electron chi connectivity index (χ3n) is 3.03. The van der Waals surface area contributed by atoms with Gasteiger partial charge in [0.2, 0.25) is 0 Å². The van der Waals surface area contributed by atoms with Crippen LogP contribution in [0.1, 0.15) is 5.56 Å². The number of aromatic nitrogens is 2. The summed E-state index contributed by atoms with van der Waals surface area (Å²) in [6.45, 7) is 0.781. The predicted octanol–water partition coefficient (Wildman–Crippen LogP) is 3.84. The number of benzene rings is 2. The van der Waals surface area contributed by atoms with Gasteiger partial charge >= 0.3 is 0 Å². The molecule has 0 atom stereocenters. The van der Waals surface area contributed by atoms with E-state index in [9.17, 15) is 0 Å². The zero-order valence-electron chi connectivity index (χ0n) is 10.6. The molecule has 3 rings (SSSR count). The van der Waals surface area contributed by atoms with Crippen molar-refractivity contribution in [3.05, 3.63) is 59.2 Å². The standard InChI is InChI=1S/C15H14ClN3/c1-19-10-12-8-14(6-7-15(12)18-19)17-9-11-2-4-13(16)5-3-11/h2-8,10,17H,9H2,1H3. The summed E-state index contributed by atoms with van der Waals surface area (Å²) in [7, 11) is 1.93. The monoisotopic (exact) mass is 271 g/mol. The normalized spacial score (nSPS) is 10.8. The molecule has 0 aliphatic carbocycles. The van der Waals surface area contributed by atoms with E-state index >= 15 is 0 Å². The molecule has 4 heteroatoms. The number of nitrogens with one attached hydrogen (secondary N) is 1. The third kappa shape index (κ3) is 2.71. The van der Waals surface area contributed by atoms with Gasteiger partial charge in [-0.3, -0.25) is 4.68 Å². The largest absolute Gasteiger partial charge is 0.381 e. The Bertz CT molecular complexity index is 701. The average molecular weight is 272 g/mol. The predicted molar refractivity (Wildman–Crippen MR) is 79.5 cm³/mol. The van der Waals surface area contributed by atoms with E-state index in [1.165, 1.54) is 5.56 Å². The molecule has 96 valence electrons. The molecule has 0 fully saturated rings. The van der Waals surface area contributed by atoms with E-state index in [1.807, 2.05) is 54.3 Å². The van der Waals surface area contributed by atoms with Crippen LogP contribution in [0.5, 0.6) is 0 Å². The van der Waals surface area contributed by atoms with Crippen LogP contribution in [0.25, 0.3) is 10.9 Å². The quantitative estimate of drug-likeness (QED) is 0.784. The average Bonchev–Trinajstić information content (AvgIpc) is 2.77. The maximum atomic E-state index is 5.87. The van der Waals surface area contributed by atoms with Crippen molar-refractivity contribution in [2.24, 2.45) is 7.05 Å². The Labute approximate surface area is 116 Å². The number of aryl methyl sites for hydroxylation is 1. The van der Waals surface area contributed by atoms with Gasteiger partial charge in [0.05, 0.1) is 5.52 Å². The van der Waals surface area contributed by atoms with Crippen molar-refractivity contribution in [3.63, 3.8) is 0 Å². The Morgan fingerprint density at radius 2 is 1.95 bits per heavy atom. The molecule has 0 radical (unpaired) electrons. The van der Waals surface area contributed by atoms with E-state index in [4.69, 9.17) is 11.6 Å². The van der Waals surface area contributed by atoms with Gasteiger partial charge in [-0.05, 0) is 35.9 Å². The van der Waals surface area contributed by atoms with Crippen molar-refractivity contribution in [3.8, 4) is 0 Å². The van der Waals surface area contributed by atoms with E-state index in [0.29, 0.717) is 0 Å². The number of hydrogen-bond donors (Lipinski definition) is 1. The second-order valence-corrected chi connectivity index (χ2v) is 4.99. The molecule has 0 aliphatic rings. The molecule has 0 bridgehead atoms. The van der Waals surface area contributed by atoms with Crippen LogP contribution in [-0.2, 0) is 13.6 Å². The minimum Gasteiger partial charge on any atom is -0.381 e. The van der Waals surface area contributed by atoms with Crippen LogP contribution in [0.2, 0.25) is 5.02 Å². The van der Waals surface area contributed by atoms with Crippen molar-refractivity contribution >= 4 is 28.2 Å². The summed E-state index contributed by atoms with van der Waals surface area (Å²) >= 11 is 5.87. The molecule has 19 heavy (non-hydrogen) atoms. The zero-order chi connectivity index (χ0) is 13.2. The fourth-order valence-corrected chi connectivity index (χ4v) is 2.19. The van der Waals surface area contributed by atoms with Crippen molar-refractivity contribution in [1.82, 2.24) is 9.78 Å². The molecule has 0 unspecified atom stereocenters.